The third-order valence-electron chi connectivity index (χ3n) is 6.29. The number of carbonyl (C=O) groups excluding carboxylic acids is 1. The van der Waals surface area contributed by atoms with Crippen LogP contribution >= 0.6 is 0 Å². The molecule has 0 aliphatic heterocycles. The molecule has 1 aromatic carbocycles. The van der Waals surface area contributed by atoms with E-state index >= 15 is 0 Å². The monoisotopic (exact) mass is 399 g/mol. The minimum atomic E-state index is -1.03. The molecule has 4 heteroatoms. The quantitative estimate of drug-likeness (QED) is 0.319. The van der Waals surface area contributed by atoms with Gasteiger partial charge in [0, 0.05) is 0 Å². The Hall–Kier alpha value is -2.02. The largest absolute Gasteiger partial charge is 0.494 e. The van der Waals surface area contributed by atoms with Gasteiger partial charge in [0.05, 0.1) is 19.8 Å². The first-order valence-corrected chi connectivity index (χ1v) is 11.2. The fourth-order valence-corrected chi connectivity index (χ4v) is 4.41. The summed E-state index contributed by atoms with van der Waals surface area (Å²) in [4.78, 5) is 11.9. The van der Waals surface area contributed by atoms with E-state index in [0.29, 0.717) is 18.3 Å². The summed E-state index contributed by atoms with van der Waals surface area (Å²) in [6.45, 7) is 4.73. The molecule has 1 saturated carbocycles. The Morgan fingerprint density at radius 2 is 1.76 bits per heavy atom. The van der Waals surface area contributed by atoms with Gasteiger partial charge in [-0.15, -0.1) is 0 Å². The highest BCUT2D eigenvalue weighted by molar-refractivity contribution is 5.79. The zero-order valence-corrected chi connectivity index (χ0v) is 18.4. The zero-order valence-electron chi connectivity index (χ0n) is 18.4. The van der Waals surface area contributed by atoms with E-state index in [1.165, 1.54) is 38.4 Å². The van der Waals surface area contributed by atoms with Crippen molar-refractivity contribution in [3.8, 4) is 11.8 Å². The number of nitriles is 1. The normalized spacial score (nSPS) is 21.0. The molecule has 160 valence electrons. The predicted molar refractivity (Wildman–Crippen MR) is 116 cm³/mol. The van der Waals surface area contributed by atoms with Crippen LogP contribution in [0.4, 0.5) is 0 Å². The Morgan fingerprint density at radius 1 is 1.10 bits per heavy atom. The number of rotatable bonds is 11. The van der Waals surface area contributed by atoms with Crippen molar-refractivity contribution in [1.82, 2.24) is 0 Å². The lowest BCUT2D eigenvalue weighted by Gasteiger charge is -2.32. The molecular formula is C25H37NO3. The number of nitrogens with zero attached hydrogens (tertiary/aromatic N) is 1. The minimum absolute atomic E-state index is 0.408. The van der Waals surface area contributed by atoms with Crippen molar-refractivity contribution in [3.63, 3.8) is 0 Å². The molecule has 0 heterocycles. The van der Waals surface area contributed by atoms with Crippen molar-refractivity contribution in [2.75, 3.05) is 13.7 Å². The summed E-state index contributed by atoms with van der Waals surface area (Å²) < 4.78 is 10.7. The Balaban J connectivity index is 1.76. The molecule has 1 atom stereocenters. The maximum atomic E-state index is 11.9. The maximum absolute atomic E-state index is 11.9. The van der Waals surface area contributed by atoms with E-state index in [-0.39, 0.29) is 0 Å². The lowest BCUT2D eigenvalue weighted by Crippen LogP contribution is -2.31. The summed E-state index contributed by atoms with van der Waals surface area (Å²) >= 11 is 0. The molecule has 1 aliphatic carbocycles. The molecule has 1 aromatic rings. The smallest absolute Gasteiger partial charge is 0.325 e. The molecule has 0 bridgehead atoms. The SMILES string of the molecule is CCCCCCCOc1ccc(C2CCC(CC(C)(C#N)C(=O)OC)CC2)cc1. The second-order valence-corrected chi connectivity index (χ2v) is 8.69. The number of methoxy groups -OCH3 is 1. The Kier molecular flexibility index (Phi) is 9.51. The third-order valence-corrected chi connectivity index (χ3v) is 6.29. The van der Waals surface area contributed by atoms with Crippen LogP contribution in [0.5, 0.6) is 5.75 Å². The van der Waals surface area contributed by atoms with Crippen LogP contribution in [0.2, 0.25) is 0 Å². The second kappa shape index (κ2) is 11.9. The highest BCUT2D eigenvalue weighted by Crippen LogP contribution is 2.41. The van der Waals surface area contributed by atoms with Crippen LogP contribution < -0.4 is 4.74 Å². The molecule has 0 radical (unpaired) electrons. The van der Waals surface area contributed by atoms with Crippen molar-refractivity contribution in [1.29, 1.82) is 5.26 Å². The number of benzene rings is 1. The highest BCUT2D eigenvalue weighted by Gasteiger charge is 2.38. The lowest BCUT2D eigenvalue weighted by molar-refractivity contribution is -0.149. The average Bonchev–Trinajstić information content (AvgIpc) is 2.76. The van der Waals surface area contributed by atoms with E-state index in [1.54, 1.807) is 6.92 Å². The minimum Gasteiger partial charge on any atom is -0.494 e. The first-order valence-electron chi connectivity index (χ1n) is 11.2. The van der Waals surface area contributed by atoms with Crippen molar-refractivity contribution < 1.29 is 14.3 Å². The lowest BCUT2D eigenvalue weighted by atomic mass is 9.72. The standard InChI is InChI=1S/C25H37NO3/c1-4-5-6-7-8-17-29-23-15-13-22(14-16-23)21-11-9-20(10-12-21)18-25(2,19-26)24(27)28-3/h13-16,20-21H,4-12,17-18H2,1-3H3. The summed E-state index contributed by atoms with van der Waals surface area (Å²) in [5, 5.41) is 9.43. The van der Waals surface area contributed by atoms with E-state index in [4.69, 9.17) is 9.47 Å². The van der Waals surface area contributed by atoms with Crippen LogP contribution in [-0.4, -0.2) is 19.7 Å². The number of unbranched alkanes of at least 4 members (excludes halogenated alkanes) is 4. The van der Waals surface area contributed by atoms with Crippen LogP contribution in [0.15, 0.2) is 24.3 Å². The van der Waals surface area contributed by atoms with Gasteiger partial charge in [-0.1, -0.05) is 44.7 Å². The Morgan fingerprint density at radius 3 is 2.34 bits per heavy atom. The molecule has 0 saturated heterocycles. The molecule has 29 heavy (non-hydrogen) atoms. The van der Waals surface area contributed by atoms with Crippen molar-refractivity contribution in [3.05, 3.63) is 29.8 Å². The van der Waals surface area contributed by atoms with E-state index in [1.807, 2.05) is 0 Å². The van der Waals surface area contributed by atoms with Gasteiger partial charge in [-0.2, -0.15) is 5.26 Å². The molecular weight excluding hydrogens is 362 g/mol. The fraction of sp³-hybridized carbons (Fsp3) is 0.680. The molecule has 0 aromatic heterocycles. The van der Waals surface area contributed by atoms with Crippen LogP contribution in [0.1, 0.15) is 89.5 Å². The average molecular weight is 400 g/mol. The number of esters is 1. The third kappa shape index (κ3) is 7.07. The molecule has 0 spiro atoms. The molecule has 1 unspecified atom stereocenters. The number of hydrogen-bond donors (Lipinski definition) is 0. The van der Waals surface area contributed by atoms with Gasteiger partial charge in [0.15, 0.2) is 5.41 Å². The zero-order chi connectivity index (χ0) is 21.1. The summed E-state index contributed by atoms with van der Waals surface area (Å²) in [5.74, 6) is 1.51. The van der Waals surface area contributed by atoms with Gasteiger partial charge in [0.2, 0.25) is 0 Å². The van der Waals surface area contributed by atoms with Crippen molar-refractivity contribution in [2.24, 2.45) is 11.3 Å². The van der Waals surface area contributed by atoms with Gasteiger partial charge < -0.3 is 9.47 Å². The molecule has 1 aliphatic rings. The van der Waals surface area contributed by atoms with Gasteiger partial charge in [-0.05, 0) is 75.0 Å². The fourth-order valence-electron chi connectivity index (χ4n) is 4.41. The molecule has 2 rings (SSSR count). The number of carbonyl (C=O) groups is 1. The number of ether oxygens (including phenoxy) is 2. The van der Waals surface area contributed by atoms with Crippen LogP contribution in [0, 0.1) is 22.7 Å². The summed E-state index contributed by atoms with van der Waals surface area (Å²) in [5.41, 5.74) is 0.344. The maximum Gasteiger partial charge on any atom is 0.325 e. The van der Waals surface area contributed by atoms with Gasteiger partial charge in [0.25, 0.3) is 0 Å². The van der Waals surface area contributed by atoms with E-state index in [9.17, 15) is 10.1 Å². The van der Waals surface area contributed by atoms with E-state index in [2.05, 4.69) is 37.3 Å². The summed E-state index contributed by atoms with van der Waals surface area (Å²) in [7, 11) is 1.36. The van der Waals surface area contributed by atoms with E-state index in [0.717, 1.165) is 44.5 Å². The van der Waals surface area contributed by atoms with Gasteiger partial charge >= 0.3 is 5.97 Å². The van der Waals surface area contributed by atoms with Crippen molar-refractivity contribution in [2.45, 2.75) is 84.0 Å². The first-order chi connectivity index (χ1) is 14.0. The predicted octanol–water partition coefficient (Wildman–Crippen LogP) is 6.40. The second-order valence-electron chi connectivity index (χ2n) is 8.69. The van der Waals surface area contributed by atoms with Crippen LogP contribution in [0.25, 0.3) is 0 Å². The van der Waals surface area contributed by atoms with Gasteiger partial charge in [-0.25, -0.2) is 0 Å². The number of hydrogen-bond acceptors (Lipinski definition) is 4. The Bertz CT molecular complexity index is 656. The molecule has 0 N–H and O–H groups in total. The highest BCUT2D eigenvalue weighted by atomic mass is 16.5. The summed E-state index contributed by atoms with van der Waals surface area (Å²) in [6.07, 6.45) is 11.2. The van der Waals surface area contributed by atoms with Crippen LogP contribution in [0.3, 0.4) is 0 Å². The van der Waals surface area contributed by atoms with E-state index < -0.39 is 11.4 Å². The molecule has 0 amide bonds. The molecule has 1 fully saturated rings. The van der Waals surface area contributed by atoms with Gasteiger partial charge in [-0.3, -0.25) is 4.79 Å². The van der Waals surface area contributed by atoms with Crippen LogP contribution in [-0.2, 0) is 9.53 Å². The topological polar surface area (TPSA) is 59.3 Å². The Labute approximate surface area is 176 Å². The van der Waals surface area contributed by atoms with Crippen molar-refractivity contribution >= 4 is 5.97 Å². The summed E-state index contributed by atoms with van der Waals surface area (Å²) in [6, 6.07) is 10.8. The molecule has 4 nitrogen and oxygen atoms in total. The first kappa shape index (κ1) is 23.3. The van der Waals surface area contributed by atoms with Gasteiger partial charge in [0.1, 0.15) is 5.75 Å².